The molecule has 3 amide bonds. The topological polar surface area (TPSA) is 140 Å². The zero-order valence-corrected chi connectivity index (χ0v) is 21.0. The average Bonchev–Trinajstić information content (AvgIpc) is 3.21. The molecule has 2 heterocycles. The van der Waals surface area contributed by atoms with Crippen molar-refractivity contribution in [3.8, 4) is 5.69 Å². The first kappa shape index (κ1) is 24.7. The molecule has 35 heavy (non-hydrogen) atoms. The fourth-order valence-corrected chi connectivity index (χ4v) is 6.04. The van der Waals surface area contributed by atoms with Gasteiger partial charge in [-0.2, -0.15) is 0 Å². The number of hydrogen-bond donors (Lipinski definition) is 3. The number of thiophene rings is 1. The number of primary amides is 1. The number of sulfonamides is 1. The van der Waals surface area contributed by atoms with Gasteiger partial charge in [0.15, 0.2) is 0 Å². The van der Waals surface area contributed by atoms with E-state index in [0.717, 1.165) is 16.9 Å². The summed E-state index contributed by atoms with van der Waals surface area (Å²) in [7, 11) is -4.11. The molecule has 0 aliphatic heterocycles. The number of halogens is 2. The standard InChI is InChI=1S/C22H16Cl2N4O5S2/c1-11-2-4-13-14(8-11)15(20(25)29)10-28(21(13)30)17-5-3-12(9-16(17)23)26-22(31)27-35(32,33)19-7-6-18(24)34-19/h2-10H,1H3,(H2,25,29)(H2,26,27,31). The Bertz CT molecular complexity index is 1680. The Morgan fingerprint density at radius 1 is 1.03 bits per heavy atom. The molecule has 0 spiro atoms. The van der Waals surface area contributed by atoms with Gasteiger partial charge >= 0.3 is 6.03 Å². The minimum Gasteiger partial charge on any atom is -0.366 e. The molecule has 0 radical (unpaired) electrons. The fraction of sp³-hybridized carbons (Fsp3) is 0.0455. The SMILES string of the molecule is Cc1ccc2c(=O)n(-c3ccc(NC(=O)NS(=O)(=O)c4ccc(Cl)s4)cc3Cl)cc(C(N)=O)c2c1. The molecular weight excluding hydrogens is 535 g/mol. The molecular formula is C22H16Cl2N4O5S2. The van der Waals surface area contributed by atoms with E-state index in [1.807, 2.05) is 11.6 Å². The number of anilines is 1. The van der Waals surface area contributed by atoms with E-state index in [9.17, 15) is 22.8 Å². The number of urea groups is 1. The van der Waals surface area contributed by atoms with Crippen molar-refractivity contribution < 1.29 is 18.0 Å². The number of fused-ring (bicyclic) bond motifs is 1. The normalized spacial score (nSPS) is 11.4. The lowest BCUT2D eigenvalue weighted by atomic mass is 10.0. The highest BCUT2D eigenvalue weighted by Gasteiger charge is 2.20. The molecule has 13 heteroatoms. The van der Waals surface area contributed by atoms with E-state index >= 15 is 0 Å². The van der Waals surface area contributed by atoms with Crippen LogP contribution in [0.1, 0.15) is 15.9 Å². The molecule has 0 saturated heterocycles. The maximum Gasteiger partial charge on any atom is 0.333 e. The van der Waals surface area contributed by atoms with Gasteiger partial charge in [-0.25, -0.2) is 17.9 Å². The largest absolute Gasteiger partial charge is 0.366 e. The summed E-state index contributed by atoms with van der Waals surface area (Å²) in [5.74, 6) is -0.714. The lowest BCUT2D eigenvalue weighted by molar-refractivity contribution is 0.100. The first-order chi connectivity index (χ1) is 16.5. The van der Waals surface area contributed by atoms with Crippen LogP contribution in [0.3, 0.4) is 0 Å². The number of pyridine rings is 1. The van der Waals surface area contributed by atoms with E-state index in [2.05, 4.69) is 5.32 Å². The first-order valence-corrected chi connectivity index (χ1v) is 12.9. The molecule has 0 bridgehead atoms. The molecule has 0 aliphatic carbocycles. The number of rotatable bonds is 5. The summed E-state index contributed by atoms with van der Waals surface area (Å²) in [6.07, 6.45) is 1.31. The highest BCUT2D eigenvalue weighted by Crippen LogP contribution is 2.27. The number of nitrogens with two attached hydrogens (primary N) is 1. The number of carbonyl (C=O) groups excluding carboxylic acids is 2. The zero-order chi connectivity index (χ0) is 25.5. The summed E-state index contributed by atoms with van der Waals surface area (Å²) < 4.78 is 27.8. The van der Waals surface area contributed by atoms with E-state index in [-0.39, 0.29) is 35.9 Å². The van der Waals surface area contributed by atoms with Crippen LogP contribution in [-0.2, 0) is 10.0 Å². The first-order valence-electron chi connectivity index (χ1n) is 9.81. The summed E-state index contributed by atoms with van der Waals surface area (Å²) >= 11 is 12.9. The number of hydrogen-bond acceptors (Lipinski definition) is 6. The predicted molar refractivity (Wildman–Crippen MR) is 136 cm³/mol. The lowest BCUT2D eigenvalue weighted by Crippen LogP contribution is -2.34. The summed E-state index contributed by atoms with van der Waals surface area (Å²) in [6, 6.07) is 10.9. The Morgan fingerprint density at radius 3 is 2.40 bits per heavy atom. The fourth-order valence-electron chi connectivity index (χ4n) is 3.38. The van der Waals surface area contributed by atoms with Crippen LogP contribution in [0.2, 0.25) is 9.36 Å². The van der Waals surface area contributed by atoms with Crippen molar-refractivity contribution in [2.75, 3.05) is 5.32 Å². The van der Waals surface area contributed by atoms with Crippen LogP contribution >= 0.6 is 34.5 Å². The Balaban J connectivity index is 1.65. The highest BCUT2D eigenvalue weighted by molar-refractivity contribution is 7.92. The maximum absolute atomic E-state index is 13.1. The van der Waals surface area contributed by atoms with Crippen LogP contribution < -0.4 is 21.3 Å². The maximum atomic E-state index is 13.1. The minimum atomic E-state index is -4.11. The van der Waals surface area contributed by atoms with E-state index in [1.54, 1.807) is 18.2 Å². The second-order valence-corrected chi connectivity index (χ2v) is 11.4. The molecule has 4 rings (SSSR count). The van der Waals surface area contributed by atoms with E-state index < -0.39 is 27.5 Å². The molecule has 4 N–H and O–H groups in total. The van der Waals surface area contributed by atoms with Gasteiger partial charge in [0.25, 0.3) is 21.5 Å². The van der Waals surface area contributed by atoms with Gasteiger partial charge in [0.05, 0.1) is 20.6 Å². The molecule has 0 atom stereocenters. The second kappa shape index (κ2) is 9.34. The van der Waals surface area contributed by atoms with Gasteiger partial charge in [-0.3, -0.25) is 14.2 Å². The molecule has 180 valence electrons. The lowest BCUT2D eigenvalue weighted by Gasteiger charge is -2.14. The van der Waals surface area contributed by atoms with Crippen molar-refractivity contribution in [1.29, 1.82) is 0 Å². The highest BCUT2D eigenvalue weighted by atomic mass is 35.5. The Labute approximate surface area is 213 Å². The third-order valence-corrected chi connectivity index (χ3v) is 8.30. The van der Waals surface area contributed by atoms with E-state index in [1.165, 1.54) is 41.1 Å². The zero-order valence-electron chi connectivity index (χ0n) is 17.8. The third kappa shape index (κ3) is 5.03. The van der Waals surface area contributed by atoms with Crippen molar-refractivity contribution >= 4 is 73.0 Å². The Kier molecular flexibility index (Phi) is 6.60. The quantitative estimate of drug-likeness (QED) is 0.340. The second-order valence-electron chi connectivity index (χ2n) is 7.42. The van der Waals surface area contributed by atoms with Crippen LogP contribution in [0, 0.1) is 6.92 Å². The minimum absolute atomic E-state index is 0.0553. The molecule has 0 unspecified atom stereocenters. The number of benzene rings is 2. The molecule has 0 saturated carbocycles. The van der Waals surface area contributed by atoms with Gasteiger partial charge < -0.3 is 11.1 Å². The summed E-state index contributed by atoms with van der Waals surface area (Å²) in [5, 5.41) is 3.14. The molecule has 2 aromatic carbocycles. The van der Waals surface area contributed by atoms with Crippen molar-refractivity contribution in [2.45, 2.75) is 11.1 Å². The van der Waals surface area contributed by atoms with Gasteiger partial charge in [-0.1, -0.05) is 40.9 Å². The number of aryl methyl sites for hydroxylation is 1. The molecule has 2 aromatic heterocycles. The van der Waals surface area contributed by atoms with Gasteiger partial charge in [-0.05, 0) is 43.3 Å². The van der Waals surface area contributed by atoms with Crippen LogP contribution in [0.5, 0.6) is 0 Å². The van der Waals surface area contributed by atoms with Gasteiger partial charge in [0.1, 0.15) is 4.21 Å². The average molecular weight is 551 g/mol. The smallest absolute Gasteiger partial charge is 0.333 e. The Morgan fingerprint density at radius 2 is 1.77 bits per heavy atom. The van der Waals surface area contributed by atoms with Crippen molar-refractivity contribution in [3.05, 3.63) is 85.6 Å². The van der Waals surface area contributed by atoms with E-state index in [4.69, 9.17) is 28.9 Å². The van der Waals surface area contributed by atoms with Crippen molar-refractivity contribution in [3.63, 3.8) is 0 Å². The summed E-state index contributed by atoms with van der Waals surface area (Å²) in [4.78, 5) is 37.4. The Hall–Kier alpha value is -3.38. The van der Waals surface area contributed by atoms with Crippen molar-refractivity contribution in [1.82, 2.24) is 9.29 Å². The number of carbonyl (C=O) groups is 2. The monoisotopic (exact) mass is 550 g/mol. The third-order valence-electron chi connectivity index (χ3n) is 4.94. The summed E-state index contributed by atoms with van der Waals surface area (Å²) in [6.45, 7) is 1.83. The number of amides is 3. The van der Waals surface area contributed by atoms with E-state index in [0.29, 0.717) is 5.39 Å². The van der Waals surface area contributed by atoms with Gasteiger partial charge in [0.2, 0.25) is 0 Å². The molecule has 0 fully saturated rings. The van der Waals surface area contributed by atoms with Crippen LogP contribution in [-0.4, -0.2) is 24.9 Å². The van der Waals surface area contributed by atoms with Gasteiger partial charge in [-0.15, -0.1) is 11.3 Å². The molecule has 9 nitrogen and oxygen atoms in total. The number of aromatic nitrogens is 1. The van der Waals surface area contributed by atoms with Crippen LogP contribution in [0.25, 0.3) is 16.5 Å². The van der Waals surface area contributed by atoms with Gasteiger partial charge in [0, 0.05) is 22.7 Å². The van der Waals surface area contributed by atoms with Crippen LogP contribution in [0.15, 0.2) is 63.7 Å². The number of nitrogens with one attached hydrogen (secondary N) is 2. The van der Waals surface area contributed by atoms with Crippen molar-refractivity contribution in [2.24, 2.45) is 5.73 Å². The number of nitrogens with zero attached hydrogens (tertiary/aromatic N) is 1. The molecule has 4 aromatic rings. The van der Waals surface area contributed by atoms with Crippen LogP contribution in [0.4, 0.5) is 10.5 Å². The summed E-state index contributed by atoms with van der Waals surface area (Å²) in [5.41, 5.74) is 6.50. The predicted octanol–water partition coefficient (Wildman–Crippen LogP) is 4.28. The molecule has 0 aliphatic rings.